The highest BCUT2D eigenvalue weighted by Crippen LogP contribution is 2.34. The SMILES string of the molecule is C=CCNC(=O)C(=O)C(CCCC)NC(=O)[C@@H]1[C@@H](CC(C)C)CCN1C(=O)[C@@H](NC(=O)[C@@H](NC(=O)c1cnccn1)C1CCCCC1)C(C)(C)C. The zero-order chi connectivity index (χ0) is 37.7. The van der Waals surface area contributed by atoms with Crippen LogP contribution in [0.5, 0.6) is 0 Å². The van der Waals surface area contributed by atoms with Gasteiger partial charge in [0, 0.05) is 25.5 Å². The minimum Gasteiger partial charge on any atom is -0.346 e. The summed E-state index contributed by atoms with van der Waals surface area (Å²) in [6.45, 7) is 15.6. The Bertz CT molecular complexity index is 1370. The number of nitrogens with zero attached hydrogens (tertiary/aromatic N) is 3. The van der Waals surface area contributed by atoms with Crippen molar-refractivity contribution in [1.82, 2.24) is 36.1 Å². The number of hydrogen-bond acceptors (Lipinski definition) is 8. The van der Waals surface area contributed by atoms with Crippen molar-refractivity contribution in [1.29, 1.82) is 0 Å². The van der Waals surface area contributed by atoms with E-state index in [1.54, 1.807) is 0 Å². The molecule has 13 nitrogen and oxygen atoms in total. The molecule has 1 saturated heterocycles. The molecule has 282 valence electrons. The second-order valence-corrected chi connectivity index (χ2v) is 15.5. The smallest absolute Gasteiger partial charge is 0.289 e. The Labute approximate surface area is 303 Å². The van der Waals surface area contributed by atoms with E-state index in [9.17, 15) is 28.8 Å². The molecule has 1 unspecified atom stereocenters. The predicted octanol–water partition coefficient (Wildman–Crippen LogP) is 3.50. The predicted molar refractivity (Wildman–Crippen MR) is 194 cm³/mol. The van der Waals surface area contributed by atoms with E-state index >= 15 is 0 Å². The molecule has 1 aromatic heterocycles. The fraction of sp³-hybridized carbons (Fsp3) is 0.684. The third kappa shape index (κ3) is 11.7. The van der Waals surface area contributed by atoms with Gasteiger partial charge in [0.15, 0.2) is 0 Å². The number of hydrogen-bond donors (Lipinski definition) is 4. The van der Waals surface area contributed by atoms with Crippen LogP contribution in [0.3, 0.4) is 0 Å². The Morgan fingerprint density at radius 2 is 1.71 bits per heavy atom. The third-order valence-electron chi connectivity index (χ3n) is 9.84. The van der Waals surface area contributed by atoms with E-state index in [4.69, 9.17) is 0 Å². The topological polar surface area (TPSA) is 180 Å². The zero-order valence-corrected chi connectivity index (χ0v) is 31.3. The van der Waals surface area contributed by atoms with Crippen LogP contribution in [-0.4, -0.2) is 87.4 Å². The first-order chi connectivity index (χ1) is 24.2. The van der Waals surface area contributed by atoms with E-state index in [1.165, 1.54) is 29.6 Å². The van der Waals surface area contributed by atoms with Gasteiger partial charge in [-0.15, -0.1) is 6.58 Å². The van der Waals surface area contributed by atoms with Crippen molar-refractivity contribution in [3.8, 4) is 0 Å². The highest BCUT2D eigenvalue weighted by atomic mass is 16.2. The molecule has 0 spiro atoms. The van der Waals surface area contributed by atoms with Gasteiger partial charge in [-0.05, 0) is 55.3 Å². The molecular formula is C38H59N7O6. The summed E-state index contributed by atoms with van der Waals surface area (Å²) in [5.74, 6) is -3.53. The van der Waals surface area contributed by atoms with Gasteiger partial charge < -0.3 is 26.2 Å². The Morgan fingerprint density at radius 1 is 1.00 bits per heavy atom. The van der Waals surface area contributed by atoms with Crippen molar-refractivity contribution in [3.63, 3.8) is 0 Å². The highest BCUT2D eigenvalue weighted by Gasteiger charge is 2.47. The molecule has 13 heteroatoms. The molecule has 3 rings (SSSR count). The van der Waals surface area contributed by atoms with Crippen LogP contribution in [-0.2, 0) is 24.0 Å². The molecule has 0 radical (unpaired) electrons. The van der Waals surface area contributed by atoms with Crippen molar-refractivity contribution in [2.45, 2.75) is 130 Å². The number of ketones is 1. The Balaban J connectivity index is 1.91. The van der Waals surface area contributed by atoms with E-state index in [1.807, 2.05) is 27.7 Å². The Hall–Kier alpha value is -4.16. The Morgan fingerprint density at radius 3 is 2.29 bits per heavy atom. The maximum Gasteiger partial charge on any atom is 0.289 e. The summed E-state index contributed by atoms with van der Waals surface area (Å²) >= 11 is 0. The molecule has 0 bridgehead atoms. The number of rotatable bonds is 17. The molecule has 2 aliphatic rings. The summed E-state index contributed by atoms with van der Waals surface area (Å²) in [4.78, 5) is 91.6. The van der Waals surface area contributed by atoms with Crippen molar-refractivity contribution < 1.29 is 28.8 Å². The van der Waals surface area contributed by atoms with Crippen molar-refractivity contribution in [3.05, 3.63) is 36.9 Å². The van der Waals surface area contributed by atoms with Gasteiger partial charge in [-0.2, -0.15) is 0 Å². The third-order valence-corrected chi connectivity index (χ3v) is 9.84. The van der Waals surface area contributed by atoms with Crippen LogP contribution in [0.1, 0.15) is 116 Å². The zero-order valence-electron chi connectivity index (χ0n) is 31.3. The second kappa shape index (κ2) is 19.4. The molecule has 2 fully saturated rings. The molecule has 51 heavy (non-hydrogen) atoms. The second-order valence-electron chi connectivity index (χ2n) is 15.5. The van der Waals surface area contributed by atoms with E-state index in [0.717, 1.165) is 38.5 Å². The molecule has 2 heterocycles. The number of aromatic nitrogens is 2. The lowest BCUT2D eigenvalue weighted by Gasteiger charge is -2.38. The van der Waals surface area contributed by atoms with Gasteiger partial charge in [-0.1, -0.05) is 79.7 Å². The summed E-state index contributed by atoms with van der Waals surface area (Å²) in [5, 5.41) is 11.2. The van der Waals surface area contributed by atoms with Crippen LogP contribution in [0.15, 0.2) is 31.2 Å². The summed E-state index contributed by atoms with van der Waals surface area (Å²) in [6.07, 6.45) is 13.0. The molecule has 5 amide bonds. The van der Waals surface area contributed by atoms with Gasteiger partial charge in [0.05, 0.1) is 12.2 Å². The first-order valence-electron chi connectivity index (χ1n) is 18.6. The first kappa shape index (κ1) is 41.3. The molecule has 0 aromatic carbocycles. The van der Waals surface area contributed by atoms with E-state index in [2.05, 4.69) is 51.7 Å². The first-order valence-corrected chi connectivity index (χ1v) is 18.6. The maximum atomic E-state index is 14.6. The van der Waals surface area contributed by atoms with E-state index in [-0.39, 0.29) is 36.4 Å². The number of carbonyl (C=O) groups excluding carboxylic acids is 6. The molecule has 1 aliphatic heterocycles. The molecule has 1 aliphatic carbocycles. The van der Waals surface area contributed by atoms with Gasteiger partial charge >= 0.3 is 0 Å². The number of unbranched alkanes of at least 4 members (excludes halogenated alkanes) is 1. The van der Waals surface area contributed by atoms with Crippen LogP contribution < -0.4 is 21.3 Å². The summed E-state index contributed by atoms with van der Waals surface area (Å²) in [7, 11) is 0. The average Bonchev–Trinajstić information content (AvgIpc) is 3.52. The van der Waals surface area contributed by atoms with Gasteiger partial charge in [0.2, 0.25) is 23.5 Å². The number of carbonyl (C=O) groups is 6. The summed E-state index contributed by atoms with van der Waals surface area (Å²) < 4.78 is 0. The fourth-order valence-corrected chi connectivity index (χ4v) is 7.20. The van der Waals surface area contributed by atoms with Crippen LogP contribution in [0.4, 0.5) is 0 Å². The summed E-state index contributed by atoms with van der Waals surface area (Å²) in [6, 6.07) is -3.88. The van der Waals surface area contributed by atoms with Crippen LogP contribution >= 0.6 is 0 Å². The summed E-state index contributed by atoms with van der Waals surface area (Å²) in [5.41, 5.74) is -0.677. The molecule has 1 saturated carbocycles. The van der Waals surface area contributed by atoms with Gasteiger partial charge in [0.25, 0.3) is 11.8 Å². The molecule has 4 N–H and O–H groups in total. The lowest BCUT2D eigenvalue weighted by atomic mass is 9.82. The lowest BCUT2D eigenvalue weighted by molar-refractivity contribution is -0.146. The van der Waals surface area contributed by atoms with E-state index in [0.29, 0.717) is 25.8 Å². The van der Waals surface area contributed by atoms with Crippen LogP contribution in [0, 0.1) is 23.2 Å². The normalized spacial score (nSPS) is 19.8. The van der Waals surface area contributed by atoms with Crippen molar-refractivity contribution in [2.24, 2.45) is 23.2 Å². The highest BCUT2D eigenvalue weighted by molar-refractivity contribution is 6.38. The van der Waals surface area contributed by atoms with Crippen molar-refractivity contribution in [2.75, 3.05) is 13.1 Å². The van der Waals surface area contributed by atoms with Gasteiger partial charge in [-0.3, -0.25) is 33.8 Å². The minimum absolute atomic E-state index is 0.0885. The standard InChI is InChI=1S/C38H59N7O6/c1-8-10-16-27(31(46)36(50)41-18-9-2)42-35(49)30-26(22-24(3)4)17-21-45(30)37(51)32(38(5,6)7)44-34(48)29(25-14-12-11-13-15-25)43-33(47)28-23-39-19-20-40-28/h9,19-20,23-27,29-30,32H,2,8,10-18,21-22H2,1,3-7H3,(H,41,50)(H,42,49)(H,43,47)(H,44,48)/t26-,27?,29+,30+,32-/m1/s1. The van der Waals surface area contributed by atoms with Gasteiger partial charge in [0.1, 0.15) is 23.8 Å². The molecule has 1 aromatic rings. The number of nitrogens with one attached hydrogen (secondary N) is 4. The molecule has 5 atom stereocenters. The maximum absolute atomic E-state index is 14.6. The van der Waals surface area contributed by atoms with E-state index < -0.39 is 64.9 Å². The van der Waals surface area contributed by atoms with Crippen LogP contribution in [0.2, 0.25) is 0 Å². The lowest BCUT2D eigenvalue weighted by Crippen LogP contribution is -2.62. The monoisotopic (exact) mass is 709 g/mol. The van der Waals surface area contributed by atoms with Crippen molar-refractivity contribution >= 4 is 35.3 Å². The number of amides is 5. The fourth-order valence-electron chi connectivity index (χ4n) is 7.20. The largest absolute Gasteiger partial charge is 0.346 e. The minimum atomic E-state index is -1.05. The van der Waals surface area contributed by atoms with Crippen LogP contribution in [0.25, 0.3) is 0 Å². The number of Topliss-reactive ketones (excluding diaryl/α,β-unsaturated/α-hetero) is 1. The average molecular weight is 710 g/mol. The molecular weight excluding hydrogens is 650 g/mol. The van der Waals surface area contributed by atoms with Gasteiger partial charge in [-0.25, -0.2) is 4.98 Å². The number of likely N-dealkylation sites (tertiary alicyclic amines) is 1. The Kier molecular flexibility index (Phi) is 15.7. The quantitative estimate of drug-likeness (QED) is 0.140.